The van der Waals surface area contributed by atoms with E-state index in [0.29, 0.717) is 6.42 Å². The Morgan fingerprint density at radius 2 is 1.14 bits per heavy atom. The smallest absolute Gasteiger partial charge is 0.220 e. The van der Waals surface area contributed by atoms with Crippen LogP contribution in [0.25, 0.3) is 0 Å². The Morgan fingerprint density at radius 3 is 1.69 bits per heavy atom. The molecule has 3 N–H and O–H groups in total. The van der Waals surface area contributed by atoms with Gasteiger partial charge < -0.3 is 15.5 Å². The lowest BCUT2D eigenvalue weighted by Gasteiger charge is -2.20. The maximum atomic E-state index is 12.2. The molecule has 0 aliphatic rings. The second-order valence-corrected chi connectivity index (χ2v) is 10.2. The van der Waals surface area contributed by atoms with Crippen LogP contribution in [0.3, 0.4) is 0 Å². The summed E-state index contributed by atoms with van der Waals surface area (Å²) in [5, 5.41) is 22.6. The predicted octanol–water partition coefficient (Wildman–Crippen LogP) is 8.33. The molecule has 210 valence electrons. The van der Waals surface area contributed by atoms with Crippen LogP contribution in [0.5, 0.6) is 0 Å². The van der Waals surface area contributed by atoms with E-state index in [9.17, 15) is 15.0 Å². The highest BCUT2D eigenvalue weighted by Gasteiger charge is 2.17. The first-order chi connectivity index (χ1) is 17.7. The van der Waals surface area contributed by atoms with Crippen LogP contribution in [0.15, 0.2) is 36.5 Å². The number of carbonyl (C=O) groups is 1. The molecule has 0 aliphatic heterocycles. The van der Waals surface area contributed by atoms with Crippen molar-refractivity contribution in [1.29, 1.82) is 0 Å². The average molecular weight is 506 g/mol. The molecule has 0 aromatic carbocycles. The maximum Gasteiger partial charge on any atom is 0.220 e. The van der Waals surface area contributed by atoms with Gasteiger partial charge in [0, 0.05) is 6.42 Å². The number of rotatable bonds is 26. The molecule has 0 fully saturated rings. The fourth-order valence-corrected chi connectivity index (χ4v) is 4.20. The summed E-state index contributed by atoms with van der Waals surface area (Å²) in [4.78, 5) is 12.2. The fraction of sp³-hybridized carbons (Fsp3) is 0.781. The lowest BCUT2D eigenvalue weighted by Crippen LogP contribution is -2.45. The monoisotopic (exact) mass is 505 g/mol. The Labute approximate surface area is 223 Å². The van der Waals surface area contributed by atoms with Gasteiger partial charge in [-0.1, -0.05) is 121 Å². The first-order valence-corrected chi connectivity index (χ1v) is 15.2. The topological polar surface area (TPSA) is 69.6 Å². The van der Waals surface area contributed by atoms with Crippen molar-refractivity contribution in [2.75, 3.05) is 6.61 Å². The minimum Gasteiger partial charge on any atom is -0.394 e. The Balaban J connectivity index is 3.70. The van der Waals surface area contributed by atoms with Gasteiger partial charge in [0.25, 0.3) is 0 Å². The van der Waals surface area contributed by atoms with Gasteiger partial charge in [0.2, 0.25) is 5.91 Å². The van der Waals surface area contributed by atoms with Crippen molar-refractivity contribution in [3.05, 3.63) is 36.5 Å². The Kier molecular flexibility index (Phi) is 27.1. The second kappa shape index (κ2) is 28.2. The number of hydrogen-bond acceptors (Lipinski definition) is 3. The number of unbranched alkanes of at least 4 members (excludes halogenated alkanes) is 15. The van der Waals surface area contributed by atoms with Gasteiger partial charge in [-0.3, -0.25) is 4.79 Å². The van der Waals surface area contributed by atoms with Crippen molar-refractivity contribution in [2.45, 2.75) is 154 Å². The van der Waals surface area contributed by atoms with Crippen LogP contribution in [0.2, 0.25) is 0 Å². The third-order valence-electron chi connectivity index (χ3n) is 6.62. The number of hydrogen-bond donors (Lipinski definition) is 3. The SMILES string of the molecule is CCCCCC/C=C\C/C=C\CCCCCCCC(=O)NC(CO)C(O)/C=C/CCCCCCCC. The van der Waals surface area contributed by atoms with E-state index in [4.69, 9.17) is 0 Å². The second-order valence-electron chi connectivity index (χ2n) is 10.2. The Hall–Kier alpha value is -1.39. The zero-order chi connectivity index (χ0) is 26.5. The van der Waals surface area contributed by atoms with Crippen LogP contribution in [0.4, 0.5) is 0 Å². The summed E-state index contributed by atoms with van der Waals surface area (Å²) in [5.41, 5.74) is 0. The molecule has 0 saturated carbocycles. The molecule has 2 atom stereocenters. The van der Waals surface area contributed by atoms with Gasteiger partial charge in [-0.2, -0.15) is 0 Å². The van der Waals surface area contributed by atoms with E-state index in [-0.39, 0.29) is 12.5 Å². The molecule has 0 heterocycles. The Bertz CT molecular complexity index is 556. The van der Waals surface area contributed by atoms with Gasteiger partial charge >= 0.3 is 0 Å². The maximum absolute atomic E-state index is 12.2. The molecular formula is C32H59NO3. The molecule has 0 aromatic heterocycles. The standard InChI is InChI=1S/C32H59NO3/c1-3-5-7-9-11-13-14-15-16-17-18-19-20-22-24-26-28-32(36)33-30(29-34)31(35)27-25-23-21-12-10-8-6-4-2/h13-14,16-17,25,27,30-31,34-35H,3-12,15,18-24,26,28-29H2,1-2H3,(H,33,36)/b14-13-,17-16-,27-25+. The predicted molar refractivity (Wildman–Crippen MR) is 156 cm³/mol. The average Bonchev–Trinajstić information content (AvgIpc) is 2.88. The largest absolute Gasteiger partial charge is 0.394 e. The van der Waals surface area contributed by atoms with Gasteiger partial charge in [0.15, 0.2) is 0 Å². The minimum absolute atomic E-state index is 0.0845. The first kappa shape index (κ1) is 34.6. The van der Waals surface area contributed by atoms with Crippen molar-refractivity contribution < 1.29 is 15.0 Å². The third-order valence-corrected chi connectivity index (χ3v) is 6.62. The van der Waals surface area contributed by atoms with Crippen LogP contribution >= 0.6 is 0 Å². The van der Waals surface area contributed by atoms with E-state index in [2.05, 4.69) is 43.5 Å². The molecule has 0 rings (SSSR count). The molecule has 36 heavy (non-hydrogen) atoms. The zero-order valence-corrected chi connectivity index (χ0v) is 23.8. The molecule has 0 saturated heterocycles. The van der Waals surface area contributed by atoms with Gasteiger partial charge in [0.1, 0.15) is 0 Å². The summed E-state index contributed by atoms with van der Waals surface area (Å²) < 4.78 is 0. The quantitative estimate of drug-likeness (QED) is 0.0817. The lowest BCUT2D eigenvalue weighted by molar-refractivity contribution is -0.123. The fourth-order valence-electron chi connectivity index (χ4n) is 4.20. The molecule has 0 spiro atoms. The van der Waals surface area contributed by atoms with Crippen LogP contribution < -0.4 is 5.32 Å². The van der Waals surface area contributed by atoms with E-state index in [1.54, 1.807) is 6.08 Å². The van der Waals surface area contributed by atoms with Crippen LogP contribution in [0.1, 0.15) is 142 Å². The summed E-state index contributed by atoms with van der Waals surface area (Å²) >= 11 is 0. The van der Waals surface area contributed by atoms with E-state index in [1.807, 2.05) is 6.08 Å². The molecule has 0 aliphatic carbocycles. The molecule has 1 amide bonds. The normalized spacial score (nSPS) is 13.8. The Morgan fingerprint density at radius 1 is 0.667 bits per heavy atom. The summed E-state index contributed by atoms with van der Waals surface area (Å²) in [6.07, 6.45) is 35.0. The van der Waals surface area contributed by atoms with Gasteiger partial charge in [-0.15, -0.1) is 0 Å². The van der Waals surface area contributed by atoms with Crippen LogP contribution in [-0.2, 0) is 4.79 Å². The number of nitrogens with one attached hydrogen (secondary N) is 1. The molecule has 0 radical (unpaired) electrons. The van der Waals surface area contributed by atoms with Gasteiger partial charge in [-0.05, 0) is 51.4 Å². The van der Waals surface area contributed by atoms with Crippen molar-refractivity contribution in [1.82, 2.24) is 5.32 Å². The highest BCUT2D eigenvalue weighted by Crippen LogP contribution is 2.10. The van der Waals surface area contributed by atoms with Crippen molar-refractivity contribution >= 4 is 5.91 Å². The minimum atomic E-state index is -0.839. The number of aliphatic hydroxyl groups is 2. The van der Waals surface area contributed by atoms with Gasteiger partial charge in [-0.25, -0.2) is 0 Å². The summed E-state index contributed by atoms with van der Waals surface area (Å²) in [7, 11) is 0. The zero-order valence-electron chi connectivity index (χ0n) is 23.8. The molecular weight excluding hydrogens is 446 g/mol. The number of allylic oxidation sites excluding steroid dienone is 5. The number of amides is 1. The first-order valence-electron chi connectivity index (χ1n) is 15.2. The van der Waals surface area contributed by atoms with Gasteiger partial charge in [0.05, 0.1) is 18.8 Å². The molecule has 0 bridgehead atoms. The summed E-state index contributed by atoms with van der Waals surface area (Å²) in [6, 6.07) is -0.624. The molecule has 2 unspecified atom stereocenters. The summed E-state index contributed by atoms with van der Waals surface area (Å²) in [5.74, 6) is -0.0845. The third kappa shape index (κ3) is 24.3. The van der Waals surface area contributed by atoms with E-state index >= 15 is 0 Å². The lowest BCUT2D eigenvalue weighted by atomic mass is 10.1. The van der Waals surface area contributed by atoms with Crippen molar-refractivity contribution in [3.8, 4) is 0 Å². The highest BCUT2D eigenvalue weighted by atomic mass is 16.3. The molecule has 4 heteroatoms. The van der Waals surface area contributed by atoms with Crippen LogP contribution in [0, 0.1) is 0 Å². The van der Waals surface area contributed by atoms with E-state index in [1.165, 1.54) is 77.0 Å². The number of aliphatic hydroxyl groups excluding tert-OH is 2. The van der Waals surface area contributed by atoms with Crippen LogP contribution in [-0.4, -0.2) is 34.9 Å². The van der Waals surface area contributed by atoms with E-state index in [0.717, 1.165) is 44.9 Å². The highest BCUT2D eigenvalue weighted by molar-refractivity contribution is 5.76. The summed E-state index contributed by atoms with van der Waals surface area (Å²) in [6.45, 7) is 4.22. The molecule has 4 nitrogen and oxygen atoms in total. The van der Waals surface area contributed by atoms with E-state index < -0.39 is 12.1 Å². The number of carbonyl (C=O) groups excluding carboxylic acids is 1. The van der Waals surface area contributed by atoms with Crippen molar-refractivity contribution in [3.63, 3.8) is 0 Å². The molecule has 0 aromatic rings. The van der Waals surface area contributed by atoms with Crippen molar-refractivity contribution in [2.24, 2.45) is 0 Å².